The van der Waals surface area contributed by atoms with Crippen LogP contribution in [0.2, 0.25) is 5.02 Å². The summed E-state index contributed by atoms with van der Waals surface area (Å²) in [5, 5.41) is 3.54. The average Bonchev–Trinajstić information content (AvgIpc) is 2.82. The van der Waals surface area contributed by atoms with Crippen molar-refractivity contribution in [1.29, 1.82) is 0 Å². The van der Waals surface area contributed by atoms with E-state index in [2.05, 4.69) is 12.2 Å². The standard InChI is InChI=1S/C27H37ClN2O4/c1-5-8-16-29-27(32)20(4)30(19-22-10-9-11-23(28)17-22)26(31)15-13-21-12-14-24(33-6-2)25(18-21)34-7-3/h9-12,14,17-18,20H,5-8,13,15-16,19H2,1-4H3,(H,29,32). The minimum atomic E-state index is -0.595. The van der Waals surface area contributed by atoms with E-state index in [4.69, 9.17) is 21.1 Å². The van der Waals surface area contributed by atoms with Crippen LogP contribution in [0.4, 0.5) is 0 Å². The third-order valence-corrected chi connectivity index (χ3v) is 5.71. The van der Waals surface area contributed by atoms with E-state index in [0.29, 0.717) is 49.2 Å². The topological polar surface area (TPSA) is 67.9 Å². The minimum Gasteiger partial charge on any atom is -0.490 e. The van der Waals surface area contributed by atoms with Crippen LogP contribution >= 0.6 is 11.6 Å². The molecule has 34 heavy (non-hydrogen) atoms. The first kappa shape index (κ1) is 27.5. The molecule has 1 N–H and O–H groups in total. The number of aryl methyl sites for hydroxylation is 1. The number of unbranched alkanes of at least 4 members (excludes halogenated alkanes) is 1. The van der Waals surface area contributed by atoms with Crippen LogP contribution in [0.25, 0.3) is 0 Å². The fourth-order valence-electron chi connectivity index (χ4n) is 3.60. The minimum absolute atomic E-state index is 0.0926. The molecule has 0 fully saturated rings. The number of halogens is 1. The zero-order chi connectivity index (χ0) is 24.9. The Morgan fingerprint density at radius 1 is 1.00 bits per heavy atom. The molecule has 0 saturated carbocycles. The molecule has 6 nitrogen and oxygen atoms in total. The lowest BCUT2D eigenvalue weighted by atomic mass is 10.1. The molecule has 7 heteroatoms. The number of hydrogen-bond donors (Lipinski definition) is 1. The van der Waals surface area contributed by atoms with Gasteiger partial charge in [-0.3, -0.25) is 9.59 Å². The monoisotopic (exact) mass is 488 g/mol. The Bertz CT molecular complexity index is 935. The summed E-state index contributed by atoms with van der Waals surface area (Å²) in [6, 6.07) is 12.5. The predicted molar refractivity (Wildman–Crippen MR) is 136 cm³/mol. The lowest BCUT2D eigenvalue weighted by molar-refractivity contribution is -0.140. The smallest absolute Gasteiger partial charge is 0.242 e. The van der Waals surface area contributed by atoms with Gasteiger partial charge in [0.05, 0.1) is 13.2 Å². The summed E-state index contributed by atoms with van der Waals surface area (Å²) in [5.74, 6) is 1.13. The highest BCUT2D eigenvalue weighted by Gasteiger charge is 2.26. The van der Waals surface area contributed by atoms with Gasteiger partial charge in [-0.1, -0.05) is 43.1 Å². The van der Waals surface area contributed by atoms with Gasteiger partial charge in [0, 0.05) is 24.5 Å². The van der Waals surface area contributed by atoms with Crippen LogP contribution in [0.15, 0.2) is 42.5 Å². The Hall–Kier alpha value is -2.73. The van der Waals surface area contributed by atoms with Crippen LogP contribution < -0.4 is 14.8 Å². The maximum absolute atomic E-state index is 13.3. The van der Waals surface area contributed by atoms with Crippen LogP contribution in [-0.2, 0) is 22.6 Å². The van der Waals surface area contributed by atoms with E-state index >= 15 is 0 Å². The molecule has 0 aliphatic rings. The zero-order valence-electron chi connectivity index (χ0n) is 20.7. The number of benzene rings is 2. The van der Waals surface area contributed by atoms with Gasteiger partial charge in [0.1, 0.15) is 6.04 Å². The fourth-order valence-corrected chi connectivity index (χ4v) is 3.81. The number of nitrogens with one attached hydrogen (secondary N) is 1. The van der Waals surface area contributed by atoms with Gasteiger partial charge in [0.25, 0.3) is 0 Å². The summed E-state index contributed by atoms with van der Waals surface area (Å²) in [7, 11) is 0. The lowest BCUT2D eigenvalue weighted by Gasteiger charge is -2.29. The maximum Gasteiger partial charge on any atom is 0.242 e. The summed E-state index contributed by atoms with van der Waals surface area (Å²) < 4.78 is 11.3. The van der Waals surface area contributed by atoms with Crippen molar-refractivity contribution in [3.05, 3.63) is 58.6 Å². The summed E-state index contributed by atoms with van der Waals surface area (Å²) in [6.45, 7) is 9.69. The van der Waals surface area contributed by atoms with Crippen LogP contribution in [0.5, 0.6) is 11.5 Å². The molecule has 0 heterocycles. The van der Waals surface area contributed by atoms with Crippen LogP contribution in [0.3, 0.4) is 0 Å². The van der Waals surface area contributed by atoms with E-state index in [9.17, 15) is 9.59 Å². The van der Waals surface area contributed by atoms with E-state index in [1.807, 2.05) is 50.2 Å². The third kappa shape index (κ3) is 8.56. The normalized spacial score (nSPS) is 11.6. The van der Waals surface area contributed by atoms with E-state index in [0.717, 1.165) is 24.0 Å². The van der Waals surface area contributed by atoms with Crippen LogP contribution in [0.1, 0.15) is 58.1 Å². The first-order chi connectivity index (χ1) is 16.4. The molecule has 0 aromatic heterocycles. The number of carbonyl (C=O) groups is 2. The van der Waals surface area contributed by atoms with E-state index < -0.39 is 6.04 Å². The number of carbonyl (C=O) groups excluding carboxylic acids is 2. The Morgan fingerprint density at radius 3 is 2.41 bits per heavy atom. The first-order valence-electron chi connectivity index (χ1n) is 12.1. The Balaban J connectivity index is 2.15. The van der Waals surface area contributed by atoms with E-state index in [1.165, 1.54) is 0 Å². The second-order valence-corrected chi connectivity index (χ2v) is 8.56. The van der Waals surface area contributed by atoms with Gasteiger partial charge in [-0.25, -0.2) is 0 Å². The highest BCUT2D eigenvalue weighted by Crippen LogP contribution is 2.29. The molecule has 2 rings (SSSR count). The first-order valence-corrected chi connectivity index (χ1v) is 12.5. The molecule has 2 aromatic rings. The second kappa shape index (κ2) is 14.5. The molecule has 0 saturated heterocycles. The summed E-state index contributed by atoms with van der Waals surface area (Å²) >= 11 is 6.15. The SMILES string of the molecule is CCCCNC(=O)C(C)N(Cc1cccc(Cl)c1)C(=O)CCc1ccc(OCC)c(OCC)c1. The highest BCUT2D eigenvalue weighted by atomic mass is 35.5. The third-order valence-electron chi connectivity index (χ3n) is 5.47. The molecule has 0 radical (unpaired) electrons. The van der Waals surface area contributed by atoms with Gasteiger partial charge in [0.2, 0.25) is 11.8 Å². The van der Waals surface area contributed by atoms with Crippen molar-refractivity contribution in [2.45, 2.75) is 66.0 Å². The second-order valence-electron chi connectivity index (χ2n) is 8.12. The van der Waals surface area contributed by atoms with Crippen molar-refractivity contribution in [3.8, 4) is 11.5 Å². The number of amides is 2. The molecule has 0 aliphatic heterocycles. The summed E-state index contributed by atoms with van der Waals surface area (Å²) in [5.41, 5.74) is 1.86. The number of ether oxygens (including phenoxy) is 2. The molecular weight excluding hydrogens is 452 g/mol. The number of nitrogens with zero attached hydrogens (tertiary/aromatic N) is 1. The number of hydrogen-bond acceptors (Lipinski definition) is 4. The van der Waals surface area contributed by atoms with Crippen molar-refractivity contribution < 1.29 is 19.1 Å². The van der Waals surface area contributed by atoms with Crippen LogP contribution in [-0.4, -0.2) is 42.5 Å². The molecule has 1 unspecified atom stereocenters. The lowest BCUT2D eigenvalue weighted by Crippen LogP contribution is -2.47. The molecule has 2 aromatic carbocycles. The van der Waals surface area contributed by atoms with Crippen molar-refractivity contribution in [2.24, 2.45) is 0 Å². The molecule has 2 amide bonds. The molecule has 0 bridgehead atoms. The van der Waals surface area contributed by atoms with Crippen molar-refractivity contribution in [3.63, 3.8) is 0 Å². The van der Waals surface area contributed by atoms with Gasteiger partial charge in [-0.15, -0.1) is 0 Å². The molecule has 0 spiro atoms. The molecule has 1 atom stereocenters. The van der Waals surface area contributed by atoms with Crippen molar-refractivity contribution in [1.82, 2.24) is 10.2 Å². The van der Waals surface area contributed by atoms with Gasteiger partial charge in [-0.05, 0) is 69.0 Å². The largest absolute Gasteiger partial charge is 0.490 e. The zero-order valence-corrected chi connectivity index (χ0v) is 21.5. The molecule has 186 valence electrons. The van der Waals surface area contributed by atoms with Crippen LogP contribution in [0, 0.1) is 0 Å². The summed E-state index contributed by atoms with van der Waals surface area (Å²) in [6.07, 6.45) is 2.69. The maximum atomic E-state index is 13.3. The summed E-state index contributed by atoms with van der Waals surface area (Å²) in [4.78, 5) is 27.7. The quantitative estimate of drug-likeness (QED) is 0.361. The van der Waals surface area contributed by atoms with Crippen molar-refractivity contribution >= 4 is 23.4 Å². The van der Waals surface area contributed by atoms with Gasteiger partial charge >= 0.3 is 0 Å². The van der Waals surface area contributed by atoms with E-state index in [1.54, 1.807) is 17.9 Å². The molecular formula is C27H37ClN2O4. The van der Waals surface area contributed by atoms with E-state index in [-0.39, 0.29) is 18.2 Å². The Kier molecular flexibility index (Phi) is 11.7. The Labute approximate surface area is 208 Å². The highest BCUT2D eigenvalue weighted by molar-refractivity contribution is 6.30. The number of rotatable bonds is 14. The average molecular weight is 489 g/mol. The van der Waals surface area contributed by atoms with Crippen molar-refractivity contribution in [2.75, 3.05) is 19.8 Å². The van der Waals surface area contributed by atoms with Gasteiger partial charge in [0.15, 0.2) is 11.5 Å². The Morgan fingerprint density at radius 2 is 1.74 bits per heavy atom. The van der Waals surface area contributed by atoms with Gasteiger partial charge < -0.3 is 19.7 Å². The molecule has 0 aliphatic carbocycles. The predicted octanol–water partition coefficient (Wildman–Crippen LogP) is 5.40. The fraction of sp³-hybridized carbons (Fsp3) is 0.481. The van der Waals surface area contributed by atoms with Gasteiger partial charge in [-0.2, -0.15) is 0 Å².